The molecule has 3 rings (SSSR count). The maximum Gasteiger partial charge on any atom is 0.339 e. The number of aromatic nitrogens is 1. The van der Waals surface area contributed by atoms with Crippen LogP contribution in [0.2, 0.25) is 0 Å². The van der Waals surface area contributed by atoms with E-state index in [1.807, 2.05) is 32.0 Å². The van der Waals surface area contributed by atoms with Crippen LogP contribution in [0, 0.1) is 13.8 Å². The second kappa shape index (κ2) is 7.74. The minimum Gasteiger partial charge on any atom is -0.456 e. The van der Waals surface area contributed by atoms with Crippen molar-refractivity contribution in [3.8, 4) is 0 Å². The van der Waals surface area contributed by atoms with Crippen molar-refractivity contribution in [3.63, 3.8) is 0 Å². The number of carbonyl (C=O) groups excluding carboxylic acids is 2. The highest BCUT2D eigenvalue weighted by molar-refractivity contribution is 6.14. The van der Waals surface area contributed by atoms with Gasteiger partial charge in [-0.1, -0.05) is 36.4 Å². The lowest BCUT2D eigenvalue weighted by Crippen LogP contribution is -2.13. The second-order valence-electron chi connectivity index (χ2n) is 6.07. The van der Waals surface area contributed by atoms with Crippen molar-refractivity contribution in [2.45, 2.75) is 20.5 Å². The van der Waals surface area contributed by atoms with E-state index in [0.29, 0.717) is 16.8 Å². The zero-order chi connectivity index (χ0) is 18.5. The molecule has 0 N–H and O–H groups in total. The van der Waals surface area contributed by atoms with Crippen molar-refractivity contribution >= 4 is 11.8 Å². The molecule has 130 valence electrons. The third-order valence-corrected chi connectivity index (χ3v) is 4.24. The van der Waals surface area contributed by atoms with E-state index in [1.165, 1.54) is 0 Å². The Kier molecular flexibility index (Phi) is 5.23. The normalized spacial score (nSPS) is 10.4. The monoisotopic (exact) mass is 345 g/mol. The summed E-state index contributed by atoms with van der Waals surface area (Å²) in [5.41, 5.74) is 3.95. The summed E-state index contributed by atoms with van der Waals surface area (Å²) in [5.74, 6) is -0.734. The van der Waals surface area contributed by atoms with Crippen LogP contribution in [-0.2, 0) is 11.3 Å². The molecule has 2 aromatic carbocycles. The Morgan fingerprint density at radius 1 is 0.885 bits per heavy atom. The molecule has 0 bridgehead atoms. The molecular weight excluding hydrogens is 326 g/mol. The molecule has 26 heavy (non-hydrogen) atoms. The maximum absolute atomic E-state index is 12.9. The standard InChI is InChI=1S/C22H19NO3/c1-15-10-11-17(13-16(15)2)21(24)19-8-3-4-9-20(19)22(25)26-14-18-7-5-6-12-23-18/h3-13H,14H2,1-2H3. The van der Waals surface area contributed by atoms with Gasteiger partial charge in [-0.3, -0.25) is 9.78 Å². The van der Waals surface area contributed by atoms with Gasteiger partial charge in [0.05, 0.1) is 11.3 Å². The van der Waals surface area contributed by atoms with Gasteiger partial charge in [-0.2, -0.15) is 0 Å². The fourth-order valence-electron chi connectivity index (χ4n) is 2.60. The first-order valence-corrected chi connectivity index (χ1v) is 8.34. The van der Waals surface area contributed by atoms with Crippen molar-refractivity contribution in [3.05, 3.63) is 100 Å². The molecule has 0 aliphatic carbocycles. The first-order chi connectivity index (χ1) is 12.6. The Labute approximate surface area is 152 Å². The minimum atomic E-state index is -0.538. The van der Waals surface area contributed by atoms with Gasteiger partial charge in [-0.15, -0.1) is 0 Å². The summed E-state index contributed by atoms with van der Waals surface area (Å²) >= 11 is 0. The van der Waals surface area contributed by atoms with Crippen LogP contribution < -0.4 is 0 Å². The quantitative estimate of drug-likeness (QED) is 0.511. The van der Waals surface area contributed by atoms with Gasteiger partial charge in [0.2, 0.25) is 0 Å². The average molecular weight is 345 g/mol. The van der Waals surface area contributed by atoms with Gasteiger partial charge >= 0.3 is 5.97 Å². The first-order valence-electron chi connectivity index (χ1n) is 8.34. The SMILES string of the molecule is Cc1ccc(C(=O)c2ccccc2C(=O)OCc2ccccn2)cc1C. The molecule has 0 aliphatic heterocycles. The van der Waals surface area contributed by atoms with Crippen molar-refractivity contribution in [1.82, 2.24) is 4.98 Å². The van der Waals surface area contributed by atoms with Crippen LogP contribution in [0.3, 0.4) is 0 Å². The van der Waals surface area contributed by atoms with E-state index in [9.17, 15) is 9.59 Å². The highest BCUT2D eigenvalue weighted by atomic mass is 16.5. The number of rotatable bonds is 5. The maximum atomic E-state index is 12.9. The Hall–Kier alpha value is -3.27. The van der Waals surface area contributed by atoms with E-state index < -0.39 is 5.97 Å². The van der Waals surface area contributed by atoms with Gasteiger partial charge in [0, 0.05) is 17.3 Å². The lowest BCUT2D eigenvalue weighted by atomic mass is 9.96. The zero-order valence-corrected chi connectivity index (χ0v) is 14.7. The number of esters is 1. The van der Waals surface area contributed by atoms with E-state index in [4.69, 9.17) is 4.74 Å². The van der Waals surface area contributed by atoms with Gasteiger partial charge < -0.3 is 4.74 Å². The van der Waals surface area contributed by atoms with Crippen molar-refractivity contribution in [2.75, 3.05) is 0 Å². The molecular formula is C22H19NO3. The number of benzene rings is 2. The molecule has 0 atom stereocenters. The largest absolute Gasteiger partial charge is 0.456 e. The van der Waals surface area contributed by atoms with Crippen molar-refractivity contribution < 1.29 is 14.3 Å². The Morgan fingerprint density at radius 2 is 1.62 bits per heavy atom. The fourth-order valence-corrected chi connectivity index (χ4v) is 2.60. The molecule has 0 saturated carbocycles. The van der Waals surface area contributed by atoms with Gasteiger partial charge in [0.1, 0.15) is 6.61 Å². The number of hydrogen-bond acceptors (Lipinski definition) is 4. The number of pyridine rings is 1. The van der Waals surface area contributed by atoms with Gasteiger partial charge in [0.25, 0.3) is 0 Å². The van der Waals surface area contributed by atoms with Crippen LogP contribution in [0.15, 0.2) is 66.9 Å². The highest BCUT2D eigenvalue weighted by Crippen LogP contribution is 2.18. The molecule has 0 aliphatic rings. The predicted molar refractivity (Wildman–Crippen MR) is 99.1 cm³/mol. The summed E-state index contributed by atoms with van der Waals surface area (Å²) in [6.07, 6.45) is 1.64. The van der Waals surface area contributed by atoms with Crippen LogP contribution in [0.5, 0.6) is 0 Å². The van der Waals surface area contributed by atoms with Crippen LogP contribution in [-0.4, -0.2) is 16.7 Å². The predicted octanol–water partition coefficient (Wildman–Crippen LogP) is 4.29. The minimum absolute atomic E-state index is 0.0613. The van der Waals surface area contributed by atoms with E-state index >= 15 is 0 Å². The number of aryl methyl sites for hydroxylation is 2. The molecule has 0 unspecified atom stereocenters. The van der Waals surface area contributed by atoms with E-state index in [-0.39, 0.29) is 18.0 Å². The van der Waals surface area contributed by atoms with E-state index in [0.717, 1.165) is 11.1 Å². The lowest BCUT2D eigenvalue weighted by molar-refractivity contribution is 0.0465. The molecule has 0 amide bonds. The molecule has 0 spiro atoms. The smallest absolute Gasteiger partial charge is 0.339 e. The van der Waals surface area contributed by atoms with Crippen LogP contribution >= 0.6 is 0 Å². The number of ketones is 1. The van der Waals surface area contributed by atoms with Gasteiger partial charge in [-0.05, 0) is 49.2 Å². The Balaban J connectivity index is 1.84. The first kappa shape index (κ1) is 17.5. The summed E-state index contributed by atoms with van der Waals surface area (Å²) in [7, 11) is 0. The molecule has 4 heteroatoms. The van der Waals surface area contributed by atoms with Gasteiger partial charge in [0.15, 0.2) is 5.78 Å². The molecule has 3 aromatic rings. The second-order valence-corrected chi connectivity index (χ2v) is 6.07. The number of ether oxygens (including phenoxy) is 1. The number of nitrogens with zero attached hydrogens (tertiary/aromatic N) is 1. The lowest BCUT2D eigenvalue weighted by Gasteiger charge is -2.10. The fraction of sp³-hybridized carbons (Fsp3) is 0.136. The summed E-state index contributed by atoms with van der Waals surface area (Å²) in [6, 6.07) is 17.6. The molecule has 0 saturated heterocycles. The average Bonchev–Trinajstić information content (AvgIpc) is 2.68. The topological polar surface area (TPSA) is 56.3 Å². The van der Waals surface area contributed by atoms with E-state index in [1.54, 1.807) is 48.7 Å². The summed E-state index contributed by atoms with van der Waals surface area (Å²) in [6.45, 7) is 4.01. The molecule has 4 nitrogen and oxygen atoms in total. The third-order valence-electron chi connectivity index (χ3n) is 4.24. The highest BCUT2D eigenvalue weighted by Gasteiger charge is 2.19. The summed E-state index contributed by atoms with van der Waals surface area (Å²) < 4.78 is 5.33. The summed E-state index contributed by atoms with van der Waals surface area (Å²) in [4.78, 5) is 29.5. The number of hydrogen-bond donors (Lipinski definition) is 0. The van der Waals surface area contributed by atoms with Crippen LogP contribution in [0.1, 0.15) is 43.1 Å². The zero-order valence-electron chi connectivity index (χ0n) is 14.7. The van der Waals surface area contributed by atoms with Crippen LogP contribution in [0.25, 0.3) is 0 Å². The molecule has 1 heterocycles. The molecule has 0 fully saturated rings. The number of carbonyl (C=O) groups is 2. The Bertz CT molecular complexity index is 949. The molecule has 0 radical (unpaired) electrons. The van der Waals surface area contributed by atoms with Crippen molar-refractivity contribution in [1.29, 1.82) is 0 Å². The Morgan fingerprint density at radius 3 is 2.31 bits per heavy atom. The van der Waals surface area contributed by atoms with Gasteiger partial charge in [-0.25, -0.2) is 4.79 Å². The van der Waals surface area contributed by atoms with Crippen molar-refractivity contribution in [2.24, 2.45) is 0 Å². The molecule has 1 aromatic heterocycles. The summed E-state index contributed by atoms with van der Waals surface area (Å²) in [5, 5.41) is 0. The van der Waals surface area contributed by atoms with Crippen LogP contribution in [0.4, 0.5) is 0 Å². The van der Waals surface area contributed by atoms with E-state index in [2.05, 4.69) is 4.98 Å². The third kappa shape index (κ3) is 3.86.